The molecule has 0 heterocycles. The molecular formula is C17H19ClOS. The van der Waals surface area contributed by atoms with Crippen LogP contribution in [0.5, 0.6) is 0 Å². The molecule has 0 saturated heterocycles. The molecular weight excluding hydrogens is 288 g/mol. The Morgan fingerprint density at radius 3 is 2.45 bits per heavy atom. The van der Waals surface area contributed by atoms with Gasteiger partial charge < -0.3 is 5.11 Å². The van der Waals surface area contributed by atoms with Crippen LogP contribution in [-0.4, -0.2) is 17.0 Å². The van der Waals surface area contributed by atoms with Crippen molar-refractivity contribution >= 4 is 23.4 Å². The lowest BCUT2D eigenvalue weighted by molar-refractivity contribution is 0.122. The maximum atomic E-state index is 10.5. The molecule has 2 aromatic rings. The standard InChI is InChI=1S/C17H19ClOS/c1-17(2,13-7-4-3-5-8-13)16(19)12-20-15-10-6-9-14(18)11-15/h3-11,16,19H,12H2,1-2H3. The Hall–Kier alpha value is -0.960. The maximum absolute atomic E-state index is 10.5. The molecule has 1 nitrogen and oxygen atoms in total. The molecule has 0 amide bonds. The predicted molar refractivity (Wildman–Crippen MR) is 87.7 cm³/mol. The van der Waals surface area contributed by atoms with E-state index in [0.29, 0.717) is 5.75 Å². The molecule has 1 N–H and O–H groups in total. The normalized spacial score (nSPS) is 13.2. The summed E-state index contributed by atoms with van der Waals surface area (Å²) < 4.78 is 0. The molecule has 106 valence electrons. The first-order valence-electron chi connectivity index (χ1n) is 6.62. The van der Waals surface area contributed by atoms with E-state index in [2.05, 4.69) is 26.0 Å². The highest BCUT2D eigenvalue weighted by molar-refractivity contribution is 7.99. The summed E-state index contributed by atoms with van der Waals surface area (Å²) in [6, 6.07) is 17.9. The lowest BCUT2D eigenvalue weighted by atomic mass is 9.80. The monoisotopic (exact) mass is 306 g/mol. The van der Waals surface area contributed by atoms with Crippen LogP contribution in [0.4, 0.5) is 0 Å². The summed E-state index contributed by atoms with van der Waals surface area (Å²) in [6.45, 7) is 4.15. The molecule has 0 aliphatic rings. The number of hydrogen-bond donors (Lipinski definition) is 1. The molecule has 2 rings (SSSR count). The third-order valence-electron chi connectivity index (χ3n) is 3.55. The van der Waals surface area contributed by atoms with Crippen LogP contribution in [0.15, 0.2) is 59.5 Å². The Kier molecular flexibility index (Phi) is 5.14. The molecule has 2 aromatic carbocycles. The van der Waals surface area contributed by atoms with Crippen molar-refractivity contribution in [3.8, 4) is 0 Å². The third-order valence-corrected chi connectivity index (χ3v) is 4.86. The Morgan fingerprint density at radius 1 is 1.10 bits per heavy atom. The van der Waals surface area contributed by atoms with Gasteiger partial charge in [-0.05, 0) is 23.8 Å². The van der Waals surface area contributed by atoms with Crippen molar-refractivity contribution in [2.45, 2.75) is 30.3 Å². The molecule has 3 heteroatoms. The second kappa shape index (κ2) is 6.66. The minimum atomic E-state index is -0.422. The van der Waals surface area contributed by atoms with E-state index < -0.39 is 6.10 Å². The van der Waals surface area contributed by atoms with Crippen LogP contribution in [0.25, 0.3) is 0 Å². The third kappa shape index (κ3) is 3.78. The van der Waals surface area contributed by atoms with Gasteiger partial charge in [-0.1, -0.05) is 61.8 Å². The predicted octanol–water partition coefficient (Wildman–Crippen LogP) is 4.77. The van der Waals surface area contributed by atoms with Crippen LogP contribution in [0.2, 0.25) is 5.02 Å². The number of benzene rings is 2. The van der Waals surface area contributed by atoms with Crippen molar-refractivity contribution in [2.75, 3.05) is 5.75 Å². The summed E-state index contributed by atoms with van der Waals surface area (Å²) >= 11 is 7.60. The molecule has 0 fully saturated rings. The zero-order valence-electron chi connectivity index (χ0n) is 11.7. The molecule has 1 atom stereocenters. The van der Waals surface area contributed by atoms with Gasteiger partial charge in [0.1, 0.15) is 0 Å². The van der Waals surface area contributed by atoms with Crippen molar-refractivity contribution in [1.82, 2.24) is 0 Å². The van der Waals surface area contributed by atoms with Gasteiger partial charge in [0.2, 0.25) is 0 Å². The number of aliphatic hydroxyl groups excluding tert-OH is 1. The van der Waals surface area contributed by atoms with Crippen LogP contribution in [0, 0.1) is 0 Å². The first kappa shape index (κ1) is 15.4. The van der Waals surface area contributed by atoms with Gasteiger partial charge in [0.05, 0.1) is 6.10 Å². The molecule has 0 aliphatic carbocycles. The second-order valence-electron chi connectivity index (χ2n) is 5.37. The molecule has 0 aliphatic heterocycles. The summed E-state index contributed by atoms with van der Waals surface area (Å²) in [5.41, 5.74) is 0.881. The molecule has 0 bridgehead atoms. The van der Waals surface area contributed by atoms with Crippen LogP contribution in [-0.2, 0) is 5.41 Å². The largest absolute Gasteiger partial charge is 0.391 e. The minimum absolute atomic E-state index is 0.271. The van der Waals surface area contributed by atoms with Crippen LogP contribution in [0.3, 0.4) is 0 Å². The van der Waals surface area contributed by atoms with Gasteiger partial charge in [-0.3, -0.25) is 0 Å². The van der Waals surface area contributed by atoms with E-state index >= 15 is 0 Å². The topological polar surface area (TPSA) is 20.2 Å². The summed E-state index contributed by atoms with van der Waals surface area (Å²) in [4.78, 5) is 1.08. The van der Waals surface area contributed by atoms with E-state index in [9.17, 15) is 5.11 Å². The SMILES string of the molecule is CC(C)(c1ccccc1)C(O)CSc1cccc(Cl)c1. The van der Waals surface area contributed by atoms with Crippen molar-refractivity contribution < 1.29 is 5.11 Å². The molecule has 0 saturated carbocycles. The Labute approximate surface area is 130 Å². The van der Waals surface area contributed by atoms with Gasteiger partial charge in [0, 0.05) is 21.1 Å². The molecule has 0 aromatic heterocycles. The number of aliphatic hydroxyl groups is 1. The van der Waals surface area contributed by atoms with Gasteiger partial charge in [0.25, 0.3) is 0 Å². The number of hydrogen-bond acceptors (Lipinski definition) is 2. The van der Waals surface area contributed by atoms with Crippen LogP contribution in [0.1, 0.15) is 19.4 Å². The summed E-state index contributed by atoms with van der Waals surface area (Å²) in [6.07, 6.45) is -0.422. The first-order chi connectivity index (χ1) is 9.50. The van der Waals surface area contributed by atoms with Crippen molar-refractivity contribution in [3.63, 3.8) is 0 Å². The van der Waals surface area contributed by atoms with Gasteiger partial charge in [-0.15, -0.1) is 11.8 Å². The number of rotatable bonds is 5. The first-order valence-corrected chi connectivity index (χ1v) is 7.98. The molecule has 0 radical (unpaired) electrons. The highest BCUT2D eigenvalue weighted by Gasteiger charge is 2.29. The fraction of sp³-hybridized carbons (Fsp3) is 0.294. The fourth-order valence-electron chi connectivity index (χ4n) is 2.00. The van der Waals surface area contributed by atoms with Crippen molar-refractivity contribution in [1.29, 1.82) is 0 Å². The van der Waals surface area contributed by atoms with Crippen LogP contribution >= 0.6 is 23.4 Å². The molecule has 0 spiro atoms. The quantitative estimate of drug-likeness (QED) is 0.803. The van der Waals surface area contributed by atoms with E-state index in [0.717, 1.165) is 15.5 Å². The van der Waals surface area contributed by atoms with Crippen molar-refractivity contribution in [2.24, 2.45) is 0 Å². The Morgan fingerprint density at radius 2 is 1.80 bits per heavy atom. The van der Waals surface area contributed by atoms with E-state index in [-0.39, 0.29) is 5.41 Å². The van der Waals surface area contributed by atoms with Gasteiger partial charge in [-0.25, -0.2) is 0 Å². The summed E-state index contributed by atoms with van der Waals surface area (Å²) in [5.74, 6) is 0.641. The van der Waals surface area contributed by atoms with Gasteiger partial charge >= 0.3 is 0 Å². The average molecular weight is 307 g/mol. The summed E-state index contributed by atoms with van der Waals surface area (Å²) in [7, 11) is 0. The van der Waals surface area contributed by atoms with Crippen molar-refractivity contribution in [3.05, 3.63) is 65.2 Å². The highest BCUT2D eigenvalue weighted by atomic mass is 35.5. The van der Waals surface area contributed by atoms with Gasteiger partial charge in [-0.2, -0.15) is 0 Å². The van der Waals surface area contributed by atoms with E-state index in [1.165, 1.54) is 0 Å². The van der Waals surface area contributed by atoms with Gasteiger partial charge in [0.15, 0.2) is 0 Å². The Balaban J connectivity index is 2.02. The summed E-state index contributed by atoms with van der Waals surface area (Å²) in [5, 5.41) is 11.2. The van der Waals surface area contributed by atoms with E-state index in [4.69, 9.17) is 11.6 Å². The lowest BCUT2D eigenvalue weighted by Crippen LogP contribution is -2.35. The molecule has 1 unspecified atom stereocenters. The minimum Gasteiger partial charge on any atom is -0.391 e. The van der Waals surface area contributed by atoms with E-state index in [1.54, 1.807) is 11.8 Å². The average Bonchev–Trinajstić information content (AvgIpc) is 2.45. The zero-order chi connectivity index (χ0) is 14.6. The molecule has 20 heavy (non-hydrogen) atoms. The van der Waals surface area contributed by atoms with Crippen LogP contribution < -0.4 is 0 Å². The second-order valence-corrected chi connectivity index (χ2v) is 6.90. The smallest absolute Gasteiger partial charge is 0.0725 e. The Bertz CT molecular complexity index is 554. The van der Waals surface area contributed by atoms with E-state index in [1.807, 2.05) is 42.5 Å². The highest BCUT2D eigenvalue weighted by Crippen LogP contribution is 2.31. The maximum Gasteiger partial charge on any atom is 0.0725 e. The lowest BCUT2D eigenvalue weighted by Gasteiger charge is -2.31. The fourth-order valence-corrected chi connectivity index (χ4v) is 3.41. The number of halogens is 1. The number of thioether (sulfide) groups is 1. The zero-order valence-corrected chi connectivity index (χ0v) is 13.3.